The van der Waals surface area contributed by atoms with Crippen LogP contribution < -0.4 is 20.7 Å². The highest BCUT2D eigenvalue weighted by molar-refractivity contribution is 6.03. The van der Waals surface area contributed by atoms with Gasteiger partial charge in [-0.05, 0) is 35.9 Å². The molecule has 0 heterocycles. The summed E-state index contributed by atoms with van der Waals surface area (Å²) in [5, 5.41) is 6.86. The molecule has 9 nitrogen and oxygen atoms in total. The second kappa shape index (κ2) is 11.0. The first-order chi connectivity index (χ1) is 14.4. The van der Waals surface area contributed by atoms with Crippen LogP contribution in [0.1, 0.15) is 12.5 Å². The number of hydrogen-bond donors (Lipinski definition) is 3. The number of nitrogens with one attached hydrogen (secondary N) is 3. The Hall–Kier alpha value is -4.14. The van der Waals surface area contributed by atoms with Gasteiger partial charge in [0.1, 0.15) is 11.4 Å². The normalized spacial score (nSPS) is 10.5. The first-order valence-electron chi connectivity index (χ1n) is 8.83. The molecule has 0 aliphatic rings. The van der Waals surface area contributed by atoms with Crippen molar-refractivity contribution in [1.82, 2.24) is 10.6 Å². The molecule has 2 rings (SSSR count). The maximum atomic E-state index is 12.2. The van der Waals surface area contributed by atoms with Crippen molar-refractivity contribution in [3.63, 3.8) is 0 Å². The molecular weight excluding hydrogens is 390 g/mol. The van der Waals surface area contributed by atoms with E-state index in [-0.39, 0.29) is 5.70 Å². The summed E-state index contributed by atoms with van der Waals surface area (Å²) in [7, 11) is 1.52. The Bertz CT molecular complexity index is 939. The van der Waals surface area contributed by atoms with E-state index in [0.717, 1.165) is 0 Å². The Kier molecular flexibility index (Phi) is 8.13. The molecule has 9 heteroatoms. The number of amides is 4. The second-order valence-electron chi connectivity index (χ2n) is 5.96. The fraction of sp³-hybridized carbons (Fsp3) is 0.143. The number of esters is 1. The van der Waals surface area contributed by atoms with Gasteiger partial charge in [0.15, 0.2) is 6.61 Å². The average molecular weight is 411 g/mol. The van der Waals surface area contributed by atoms with Crippen molar-refractivity contribution in [2.45, 2.75) is 6.92 Å². The Morgan fingerprint density at radius 2 is 1.60 bits per heavy atom. The summed E-state index contributed by atoms with van der Waals surface area (Å²) < 4.78 is 9.90. The summed E-state index contributed by atoms with van der Waals surface area (Å²) in [6.07, 6.45) is 1.41. The minimum atomic E-state index is -0.917. The van der Waals surface area contributed by atoms with Gasteiger partial charge in [0.2, 0.25) is 5.91 Å². The first-order valence-corrected chi connectivity index (χ1v) is 8.83. The van der Waals surface area contributed by atoms with Crippen LogP contribution in [0, 0.1) is 0 Å². The van der Waals surface area contributed by atoms with Gasteiger partial charge in [-0.2, -0.15) is 0 Å². The van der Waals surface area contributed by atoms with Crippen molar-refractivity contribution in [1.29, 1.82) is 0 Å². The predicted octanol–water partition coefficient (Wildman–Crippen LogP) is 2.06. The standard InChI is InChI=1S/C21H21N3O6/c1-14(25)22-18(12-15-6-4-3-5-7-15)20(27)30-13-19(26)24-21(28)23-16-8-10-17(29-2)11-9-16/h3-12H,13H2,1-2H3,(H,22,25)(H2,23,24,26,28)/b18-12-. The number of benzene rings is 2. The molecule has 0 fully saturated rings. The highest BCUT2D eigenvalue weighted by Crippen LogP contribution is 2.14. The molecule has 3 N–H and O–H groups in total. The van der Waals surface area contributed by atoms with Gasteiger partial charge in [0.05, 0.1) is 7.11 Å². The molecule has 0 spiro atoms. The van der Waals surface area contributed by atoms with E-state index >= 15 is 0 Å². The van der Waals surface area contributed by atoms with Crippen molar-refractivity contribution in [3.8, 4) is 5.75 Å². The molecule has 0 unspecified atom stereocenters. The fourth-order valence-electron chi connectivity index (χ4n) is 2.26. The van der Waals surface area contributed by atoms with Crippen LogP contribution in [0.3, 0.4) is 0 Å². The zero-order valence-corrected chi connectivity index (χ0v) is 16.4. The van der Waals surface area contributed by atoms with Gasteiger partial charge in [0.25, 0.3) is 5.91 Å². The number of hydrogen-bond acceptors (Lipinski definition) is 6. The lowest BCUT2D eigenvalue weighted by molar-refractivity contribution is -0.145. The lowest BCUT2D eigenvalue weighted by atomic mass is 10.2. The SMILES string of the molecule is COc1ccc(NC(=O)NC(=O)COC(=O)/C(=C/c2ccccc2)NC(C)=O)cc1. The van der Waals surface area contributed by atoms with Crippen LogP contribution in [0.2, 0.25) is 0 Å². The van der Waals surface area contributed by atoms with Crippen molar-refractivity contribution < 1.29 is 28.7 Å². The number of methoxy groups -OCH3 is 1. The van der Waals surface area contributed by atoms with E-state index in [9.17, 15) is 19.2 Å². The lowest BCUT2D eigenvalue weighted by Gasteiger charge is -2.10. The van der Waals surface area contributed by atoms with E-state index in [1.807, 2.05) is 5.32 Å². The summed E-state index contributed by atoms with van der Waals surface area (Å²) in [6.45, 7) is 0.531. The van der Waals surface area contributed by atoms with Crippen LogP contribution in [-0.2, 0) is 19.1 Å². The van der Waals surface area contributed by atoms with Crippen molar-refractivity contribution in [2.75, 3.05) is 19.0 Å². The molecule has 2 aromatic rings. The van der Waals surface area contributed by atoms with Crippen molar-refractivity contribution in [2.24, 2.45) is 0 Å². The van der Waals surface area contributed by atoms with Gasteiger partial charge in [-0.1, -0.05) is 30.3 Å². The van der Waals surface area contributed by atoms with Gasteiger partial charge >= 0.3 is 12.0 Å². The summed E-state index contributed by atoms with van der Waals surface area (Å²) in [6, 6.07) is 14.5. The molecule has 0 aromatic heterocycles. The summed E-state index contributed by atoms with van der Waals surface area (Å²) in [5.74, 6) is -1.61. The molecule has 4 amide bonds. The average Bonchev–Trinajstić information content (AvgIpc) is 2.72. The van der Waals surface area contributed by atoms with Crippen molar-refractivity contribution >= 4 is 35.6 Å². The number of ether oxygens (including phenoxy) is 2. The molecule has 0 saturated carbocycles. The maximum Gasteiger partial charge on any atom is 0.355 e. The quantitative estimate of drug-likeness (QED) is 0.473. The highest BCUT2D eigenvalue weighted by atomic mass is 16.5. The van der Waals surface area contributed by atoms with Gasteiger partial charge in [-0.25, -0.2) is 9.59 Å². The molecular formula is C21H21N3O6. The molecule has 156 valence electrons. The minimum absolute atomic E-state index is 0.135. The summed E-state index contributed by atoms with van der Waals surface area (Å²) in [4.78, 5) is 47.3. The zero-order chi connectivity index (χ0) is 21.9. The third kappa shape index (κ3) is 7.47. The maximum absolute atomic E-state index is 12.2. The van der Waals surface area contributed by atoms with E-state index < -0.39 is 30.4 Å². The first kappa shape index (κ1) is 22.2. The number of urea groups is 1. The zero-order valence-electron chi connectivity index (χ0n) is 16.4. The molecule has 2 aromatic carbocycles. The molecule has 0 aliphatic carbocycles. The molecule has 0 atom stereocenters. The third-order valence-electron chi connectivity index (χ3n) is 3.58. The monoisotopic (exact) mass is 411 g/mol. The Balaban J connectivity index is 1.89. The Labute approximate surface area is 173 Å². The van der Waals surface area contributed by atoms with E-state index in [0.29, 0.717) is 17.0 Å². The largest absolute Gasteiger partial charge is 0.497 e. The Morgan fingerprint density at radius 1 is 0.933 bits per heavy atom. The highest BCUT2D eigenvalue weighted by Gasteiger charge is 2.16. The van der Waals surface area contributed by atoms with Gasteiger partial charge in [0, 0.05) is 12.6 Å². The topological polar surface area (TPSA) is 123 Å². The number of rotatable bonds is 7. The van der Waals surface area contributed by atoms with E-state index in [2.05, 4.69) is 10.6 Å². The van der Waals surface area contributed by atoms with E-state index in [1.54, 1.807) is 54.6 Å². The number of anilines is 1. The predicted molar refractivity (Wildman–Crippen MR) is 109 cm³/mol. The van der Waals surface area contributed by atoms with Crippen LogP contribution >= 0.6 is 0 Å². The van der Waals surface area contributed by atoms with Crippen LogP contribution in [-0.4, -0.2) is 37.5 Å². The fourth-order valence-corrected chi connectivity index (χ4v) is 2.26. The molecule has 0 bridgehead atoms. The Morgan fingerprint density at radius 3 is 2.20 bits per heavy atom. The van der Waals surface area contributed by atoms with E-state index in [1.165, 1.54) is 20.1 Å². The smallest absolute Gasteiger partial charge is 0.355 e. The number of carbonyl (C=O) groups excluding carboxylic acids is 4. The minimum Gasteiger partial charge on any atom is -0.497 e. The molecule has 0 radical (unpaired) electrons. The summed E-state index contributed by atoms with van der Waals surface area (Å²) in [5.41, 5.74) is 0.961. The van der Waals surface area contributed by atoms with Gasteiger partial charge in [-0.3, -0.25) is 14.9 Å². The molecule has 0 saturated heterocycles. The van der Waals surface area contributed by atoms with Gasteiger partial charge in [-0.15, -0.1) is 0 Å². The second-order valence-corrected chi connectivity index (χ2v) is 5.96. The lowest BCUT2D eigenvalue weighted by Crippen LogP contribution is -2.38. The molecule has 30 heavy (non-hydrogen) atoms. The van der Waals surface area contributed by atoms with Crippen LogP contribution in [0.5, 0.6) is 5.75 Å². The summed E-state index contributed by atoms with van der Waals surface area (Å²) >= 11 is 0. The van der Waals surface area contributed by atoms with Gasteiger partial charge < -0.3 is 20.1 Å². The van der Waals surface area contributed by atoms with Crippen LogP contribution in [0.4, 0.5) is 10.5 Å². The van der Waals surface area contributed by atoms with E-state index in [4.69, 9.17) is 9.47 Å². The number of carbonyl (C=O) groups is 4. The van der Waals surface area contributed by atoms with Crippen molar-refractivity contribution in [3.05, 3.63) is 65.9 Å². The molecule has 0 aliphatic heterocycles. The van der Waals surface area contributed by atoms with Crippen LogP contribution in [0.15, 0.2) is 60.3 Å². The van der Waals surface area contributed by atoms with Crippen LogP contribution in [0.25, 0.3) is 6.08 Å². The third-order valence-corrected chi connectivity index (χ3v) is 3.58. The number of imide groups is 1.